The van der Waals surface area contributed by atoms with Gasteiger partial charge in [0.2, 0.25) is 0 Å². The predicted octanol–water partition coefficient (Wildman–Crippen LogP) is 2.72. The van der Waals surface area contributed by atoms with E-state index in [1.165, 1.54) is 0 Å². The van der Waals surface area contributed by atoms with Crippen LogP contribution in [0.2, 0.25) is 0 Å². The molecule has 1 rings (SSSR count). The number of aliphatic hydroxyl groups is 2. The van der Waals surface area contributed by atoms with Gasteiger partial charge in [0.25, 0.3) is 0 Å². The van der Waals surface area contributed by atoms with Crippen molar-refractivity contribution < 1.29 is 10.2 Å². The molecule has 92 valence electrons. The van der Waals surface area contributed by atoms with Gasteiger partial charge in [-0.15, -0.1) is 0 Å². The van der Waals surface area contributed by atoms with Crippen LogP contribution in [0.3, 0.4) is 0 Å². The van der Waals surface area contributed by atoms with Crippen LogP contribution in [0.15, 0.2) is 55.0 Å². The Morgan fingerprint density at radius 3 is 2.24 bits per heavy atom. The molecule has 0 aliphatic rings. The maximum absolute atomic E-state index is 9.54. The van der Waals surface area contributed by atoms with Crippen LogP contribution in [0, 0.1) is 0 Å². The van der Waals surface area contributed by atoms with E-state index < -0.39 is 0 Å². The molecule has 3 heteroatoms. The summed E-state index contributed by atoms with van der Waals surface area (Å²) in [6.45, 7) is 8.78. The molecule has 0 spiro atoms. The Balaban J connectivity index is 2.67. The van der Waals surface area contributed by atoms with E-state index in [-0.39, 0.29) is 23.6 Å². The minimum absolute atomic E-state index is 0.0457. The third-order valence-electron chi connectivity index (χ3n) is 2.64. The zero-order valence-corrected chi connectivity index (χ0v) is 10.1. The molecular weight excluding hydrogens is 214 g/mol. The summed E-state index contributed by atoms with van der Waals surface area (Å²) in [7, 11) is 0. The highest BCUT2D eigenvalue weighted by molar-refractivity contribution is 5.18. The predicted molar refractivity (Wildman–Crippen MR) is 70.1 cm³/mol. The first-order valence-electron chi connectivity index (χ1n) is 5.56. The van der Waals surface area contributed by atoms with Gasteiger partial charge in [-0.05, 0) is 18.9 Å². The van der Waals surface area contributed by atoms with Crippen molar-refractivity contribution in [3.63, 3.8) is 0 Å². The fraction of sp³-hybridized carbons (Fsp3) is 0.286. The molecule has 2 atom stereocenters. The van der Waals surface area contributed by atoms with Crippen molar-refractivity contribution in [2.45, 2.75) is 25.4 Å². The van der Waals surface area contributed by atoms with E-state index >= 15 is 0 Å². The first-order chi connectivity index (χ1) is 8.00. The summed E-state index contributed by atoms with van der Waals surface area (Å²) < 4.78 is 0. The van der Waals surface area contributed by atoms with Crippen LogP contribution in [-0.2, 0) is 6.42 Å². The fourth-order valence-electron chi connectivity index (χ4n) is 1.52. The van der Waals surface area contributed by atoms with Gasteiger partial charge in [-0.1, -0.05) is 43.5 Å². The zero-order valence-electron chi connectivity index (χ0n) is 10.1. The van der Waals surface area contributed by atoms with Crippen LogP contribution in [-0.4, -0.2) is 22.3 Å². The molecule has 0 saturated carbocycles. The van der Waals surface area contributed by atoms with E-state index in [4.69, 9.17) is 0 Å². The largest absolute Gasteiger partial charge is 0.511 e. The normalized spacial score (nSPS) is 13.9. The number of benzene rings is 1. The first-order valence-corrected chi connectivity index (χ1v) is 5.56. The van der Waals surface area contributed by atoms with Crippen molar-refractivity contribution >= 4 is 0 Å². The maximum atomic E-state index is 9.54. The SMILES string of the molecule is C=C(O)C(C)N[C@@H](Cc1ccccc1)C(=C)O. The van der Waals surface area contributed by atoms with Gasteiger partial charge in [-0.2, -0.15) is 0 Å². The second-order valence-electron chi connectivity index (χ2n) is 4.11. The van der Waals surface area contributed by atoms with Crippen LogP contribution >= 0.6 is 0 Å². The average Bonchev–Trinajstić information content (AvgIpc) is 2.29. The van der Waals surface area contributed by atoms with Crippen LogP contribution < -0.4 is 5.32 Å². The topological polar surface area (TPSA) is 52.5 Å². The number of aliphatic hydroxyl groups excluding tert-OH is 2. The second kappa shape index (κ2) is 6.11. The smallest absolute Gasteiger partial charge is 0.102 e. The zero-order chi connectivity index (χ0) is 12.8. The molecule has 0 aromatic heterocycles. The van der Waals surface area contributed by atoms with E-state index in [1.807, 2.05) is 30.3 Å². The van der Waals surface area contributed by atoms with Crippen molar-refractivity contribution in [2.24, 2.45) is 0 Å². The molecule has 0 bridgehead atoms. The Bertz CT molecular complexity index is 386. The molecule has 0 saturated heterocycles. The molecule has 17 heavy (non-hydrogen) atoms. The van der Waals surface area contributed by atoms with Crippen LogP contribution in [0.1, 0.15) is 12.5 Å². The summed E-state index contributed by atoms with van der Waals surface area (Å²) in [6, 6.07) is 9.22. The minimum atomic E-state index is -0.295. The number of hydrogen-bond acceptors (Lipinski definition) is 3. The Kier molecular flexibility index (Phi) is 4.79. The molecule has 3 nitrogen and oxygen atoms in total. The standard InChI is InChI=1S/C14H19NO2/c1-10(11(2)16)15-14(12(3)17)9-13-7-5-4-6-8-13/h4-8,10,14-17H,2-3,9H2,1H3/t10?,14-/m0/s1. The molecule has 1 aromatic rings. The summed E-state index contributed by atoms with van der Waals surface area (Å²) in [6.07, 6.45) is 0.619. The molecule has 0 radical (unpaired) electrons. The molecule has 1 unspecified atom stereocenters. The Morgan fingerprint density at radius 1 is 1.18 bits per heavy atom. The second-order valence-corrected chi connectivity index (χ2v) is 4.11. The Hall–Kier alpha value is -1.74. The summed E-state index contributed by atoms with van der Waals surface area (Å²) >= 11 is 0. The van der Waals surface area contributed by atoms with Crippen molar-refractivity contribution in [2.75, 3.05) is 0 Å². The van der Waals surface area contributed by atoms with Gasteiger partial charge < -0.3 is 10.2 Å². The molecule has 1 aromatic carbocycles. The quantitative estimate of drug-likeness (QED) is 0.662. The highest BCUT2D eigenvalue weighted by atomic mass is 16.3. The lowest BCUT2D eigenvalue weighted by molar-refractivity contribution is 0.299. The van der Waals surface area contributed by atoms with Gasteiger partial charge in [0, 0.05) is 0 Å². The third kappa shape index (κ3) is 4.33. The maximum Gasteiger partial charge on any atom is 0.102 e. The highest BCUT2D eigenvalue weighted by Crippen LogP contribution is 2.09. The van der Waals surface area contributed by atoms with Gasteiger partial charge in [0.1, 0.15) is 11.5 Å². The number of hydrogen-bond donors (Lipinski definition) is 3. The van der Waals surface area contributed by atoms with Crippen molar-refractivity contribution in [1.29, 1.82) is 0 Å². The van der Waals surface area contributed by atoms with Gasteiger partial charge in [-0.3, -0.25) is 5.32 Å². The summed E-state index contributed by atoms with van der Waals surface area (Å²) in [5.74, 6) is 0.103. The average molecular weight is 233 g/mol. The van der Waals surface area contributed by atoms with Gasteiger partial charge in [0.15, 0.2) is 0 Å². The summed E-state index contributed by atoms with van der Waals surface area (Å²) in [5.41, 5.74) is 1.09. The van der Waals surface area contributed by atoms with Crippen LogP contribution in [0.4, 0.5) is 0 Å². The van der Waals surface area contributed by atoms with E-state index in [0.29, 0.717) is 6.42 Å². The van der Waals surface area contributed by atoms with E-state index in [9.17, 15) is 10.2 Å². The van der Waals surface area contributed by atoms with E-state index in [1.54, 1.807) is 6.92 Å². The fourth-order valence-corrected chi connectivity index (χ4v) is 1.52. The third-order valence-corrected chi connectivity index (χ3v) is 2.64. The number of nitrogens with one attached hydrogen (secondary N) is 1. The van der Waals surface area contributed by atoms with Crippen LogP contribution in [0.5, 0.6) is 0 Å². The monoisotopic (exact) mass is 233 g/mol. The molecule has 3 N–H and O–H groups in total. The van der Waals surface area contributed by atoms with E-state index in [2.05, 4.69) is 18.5 Å². The van der Waals surface area contributed by atoms with E-state index in [0.717, 1.165) is 5.56 Å². The molecule has 0 aliphatic carbocycles. The summed E-state index contributed by atoms with van der Waals surface area (Å²) in [5, 5.41) is 21.9. The van der Waals surface area contributed by atoms with Crippen molar-refractivity contribution in [3.8, 4) is 0 Å². The molecule has 0 fully saturated rings. The van der Waals surface area contributed by atoms with Crippen molar-refractivity contribution in [3.05, 3.63) is 60.6 Å². The van der Waals surface area contributed by atoms with Crippen LogP contribution in [0.25, 0.3) is 0 Å². The lowest BCUT2D eigenvalue weighted by Crippen LogP contribution is -2.40. The first kappa shape index (κ1) is 13.3. The number of rotatable bonds is 6. The Labute approximate surface area is 102 Å². The Morgan fingerprint density at radius 2 is 1.76 bits per heavy atom. The molecule has 0 heterocycles. The van der Waals surface area contributed by atoms with Gasteiger partial charge >= 0.3 is 0 Å². The highest BCUT2D eigenvalue weighted by Gasteiger charge is 2.16. The molecule has 0 aliphatic heterocycles. The van der Waals surface area contributed by atoms with Gasteiger partial charge in [-0.25, -0.2) is 0 Å². The van der Waals surface area contributed by atoms with Gasteiger partial charge in [0.05, 0.1) is 12.1 Å². The molecule has 0 amide bonds. The lowest BCUT2D eigenvalue weighted by atomic mass is 10.0. The summed E-state index contributed by atoms with van der Waals surface area (Å²) in [4.78, 5) is 0. The molecular formula is C14H19NO2. The van der Waals surface area contributed by atoms with Crippen molar-refractivity contribution in [1.82, 2.24) is 5.32 Å². The minimum Gasteiger partial charge on any atom is -0.511 e. The lowest BCUT2D eigenvalue weighted by Gasteiger charge is -2.22.